The van der Waals surface area contributed by atoms with E-state index >= 15 is 0 Å². The predicted molar refractivity (Wildman–Crippen MR) is 78.3 cm³/mol. The molecule has 0 aliphatic heterocycles. The molecule has 1 N–H and O–H groups in total. The summed E-state index contributed by atoms with van der Waals surface area (Å²) in [7, 11) is 0. The second-order valence-electron chi connectivity index (χ2n) is 3.98. The normalized spacial score (nSPS) is 10.1. The molecular weight excluding hydrogens is 361 g/mol. The Kier molecular flexibility index (Phi) is 4.00. The molecule has 2 nitrogen and oxygen atoms in total. The van der Waals surface area contributed by atoms with Gasteiger partial charge in [-0.25, -0.2) is 8.78 Å². The molecule has 0 radical (unpaired) electrons. The van der Waals surface area contributed by atoms with E-state index in [4.69, 9.17) is 5.26 Å². The van der Waals surface area contributed by atoms with Crippen LogP contribution in [0.4, 0.5) is 20.2 Å². The maximum absolute atomic E-state index is 13.8. The molecule has 2 rings (SSSR count). The van der Waals surface area contributed by atoms with E-state index in [0.29, 0.717) is 5.69 Å². The summed E-state index contributed by atoms with van der Waals surface area (Å²) in [6.07, 6.45) is 0. The largest absolute Gasteiger partial charge is 0.352 e. The first kappa shape index (κ1) is 13.7. The summed E-state index contributed by atoms with van der Waals surface area (Å²) >= 11 is 2.17. The Morgan fingerprint density at radius 3 is 2.58 bits per heavy atom. The van der Waals surface area contributed by atoms with Crippen molar-refractivity contribution in [1.82, 2.24) is 0 Å². The number of anilines is 2. The molecule has 0 saturated carbocycles. The predicted octanol–water partition coefficient (Wildman–Crippen LogP) is 4.49. The lowest BCUT2D eigenvalue weighted by atomic mass is 10.1. The van der Waals surface area contributed by atoms with Gasteiger partial charge in [0.05, 0.1) is 11.3 Å². The van der Waals surface area contributed by atoms with E-state index in [2.05, 4.69) is 27.9 Å². The highest BCUT2D eigenvalue weighted by Gasteiger charge is 2.14. The van der Waals surface area contributed by atoms with E-state index in [1.165, 1.54) is 6.07 Å². The van der Waals surface area contributed by atoms with Gasteiger partial charge < -0.3 is 5.32 Å². The average Bonchev–Trinajstić information content (AvgIpc) is 2.38. The molecule has 0 aliphatic rings. The van der Waals surface area contributed by atoms with Crippen LogP contribution >= 0.6 is 22.6 Å². The van der Waals surface area contributed by atoms with Crippen LogP contribution < -0.4 is 5.32 Å². The molecule has 2 aromatic rings. The zero-order valence-electron chi connectivity index (χ0n) is 9.97. The smallest absolute Gasteiger partial charge is 0.183 e. The summed E-state index contributed by atoms with van der Waals surface area (Å²) in [6, 6.07) is 9.56. The average molecular weight is 370 g/mol. The second-order valence-corrected chi connectivity index (χ2v) is 5.23. The minimum Gasteiger partial charge on any atom is -0.352 e. The third-order valence-electron chi connectivity index (χ3n) is 2.66. The maximum Gasteiger partial charge on any atom is 0.183 e. The van der Waals surface area contributed by atoms with Crippen molar-refractivity contribution in [3.8, 4) is 6.07 Å². The van der Waals surface area contributed by atoms with Crippen molar-refractivity contribution in [2.75, 3.05) is 5.32 Å². The fraction of sp³-hybridized carbons (Fsp3) is 0.0714. The summed E-state index contributed by atoms with van der Waals surface area (Å²) in [6.45, 7) is 1.85. The van der Waals surface area contributed by atoms with Crippen LogP contribution in [-0.2, 0) is 0 Å². The third-order valence-corrected chi connectivity index (χ3v) is 3.33. The molecule has 19 heavy (non-hydrogen) atoms. The molecule has 5 heteroatoms. The third kappa shape index (κ3) is 2.84. The second kappa shape index (κ2) is 5.53. The number of nitriles is 1. The Bertz CT molecular complexity index is 678. The van der Waals surface area contributed by atoms with E-state index < -0.39 is 11.6 Å². The van der Waals surface area contributed by atoms with E-state index in [1.54, 1.807) is 6.07 Å². The van der Waals surface area contributed by atoms with E-state index in [-0.39, 0.29) is 11.3 Å². The highest BCUT2D eigenvalue weighted by molar-refractivity contribution is 14.1. The van der Waals surface area contributed by atoms with Gasteiger partial charge in [-0.15, -0.1) is 0 Å². The molecule has 0 spiro atoms. The van der Waals surface area contributed by atoms with Gasteiger partial charge in [-0.3, -0.25) is 0 Å². The number of benzene rings is 2. The highest BCUT2D eigenvalue weighted by Crippen LogP contribution is 2.28. The molecule has 0 fully saturated rings. The summed E-state index contributed by atoms with van der Waals surface area (Å²) in [4.78, 5) is 0. The van der Waals surface area contributed by atoms with Gasteiger partial charge in [0.15, 0.2) is 11.6 Å². The number of nitrogens with zero attached hydrogens (tertiary/aromatic N) is 1. The number of rotatable bonds is 2. The van der Waals surface area contributed by atoms with Gasteiger partial charge in [-0.05, 0) is 65.4 Å². The van der Waals surface area contributed by atoms with Gasteiger partial charge in [0, 0.05) is 9.26 Å². The summed E-state index contributed by atoms with van der Waals surface area (Å²) in [5.74, 6) is -2.03. The quantitative estimate of drug-likeness (QED) is 0.791. The van der Waals surface area contributed by atoms with Gasteiger partial charge >= 0.3 is 0 Å². The molecule has 0 bridgehead atoms. The van der Waals surface area contributed by atoms with Crippen LogP contribution in [0.25, 0.3) is 0 Å². The molecule has 0 saturated heterocycles. The fourth-order valence-electron chi connectivity index (χ4n) is 1.67. The Labute approximate surface area is 123 Å². The van der Waals surface area contributed by atoms with Crippen LogP contribution in [0.2, 0.25) is 0 Å². The molecule has 0 amide bonds. The van der Waals surface area contributed by atoms with Crippen molar-refractivity contribution in [3.63, 3.8) is 0 Å². The molecular formula is C14H9F2IN2. The number of hydrogen-bond donors (Lipinski definition) is 1. The maximum atomic E-state index is 13.8. The summed E-state index contributed by atoms with van der Waals surface area (Å²) < 4.78 is 28.0. The number of aryl methyl sites for hydroxylation is 1. The highest BCUT2D eigenvalue weighted by atomic mass is 127. The van der Waals surface area contributed by atoms with Crippen LogP contribution in [0.5, 0.6) is 0 Å². The summed E-state index contributed by atoms with van der Waals surface area (Å²) in [5, 5.41) is 11.7. The van der Waals surface area contributed by atoms with Crippen LogP contribution in [0.1, 0.15) is 11.1 Å². The Morgan fingerprint density at radius 2 is 1.95 bits per heavy atom. The van der Waals surface area contributed by atoms with Crippen molar-refractivity contribution in [2.24, 2.45) is 0 Å². The van der Waals surface area contributed by atoms with Crippen LogP contribution in [0.3, 0.4) is 0 Å². The topological polar surface area (TPSA) is 35.8 Å². The Hall–Kier alpha value is -1.68. The summed E-state index contributed by atoms with van der Waals surface area (Å²) in [5.41, 5.74) is 1.46. The van der Waals surface area contributed by atoms with Crippen molar-refractivity contribution in [2.45, 2.75) is 6.92 Å². The van der Waals surface area contributed by atoms with Crippen LogP contribution in [0.15, 0.2) is 30.3 Å². The molecule has 0 aliphatic carbocycles. The monoisotopic (exact) mass is 370 g/mol. The first-order valence-corrected chi connectivity index (χ1v) is 6.52. The number of nitrogens with one attached hydrogen (secondary N) is 1. The molecule has 0 unspecified atom stereocenters. The zero-order chi connectivity index (χ0) is 14.0. The van der Waals surface area contributed by atoms with Gasteiger partial charge in [-0.1, -0.05) is 0 Å². The minimum atomic E-state index is -1.04. The molecule has 0 aromatic heterocycles. The lowest BCUT2D eigenvalue weighted by molar-refractivity contribution is 0.511. The van der Waals surface area contributed by atoms with Gasteiger partial charge in [-0.2, -0.15) is 5.26 Å². The van der Waals surface area contributed by atoms with Crippen molar-refractivity contribution < 1.29 is 8.78 Å². The lowest BCUT2D eigenvalue weighted by Gasteiger charge is -2.12. The van der Waals surface area contributed by atoms with E-state index in [1.807, 2.05) is 25.1 Å². The molecule has 2 aromatic carbocycles. The lowest BCUT2D eigenvalue weighted by Crippen LogP contribution is -2.01. The first-order valence-electron chi connectivity index (χ1n) is 5.44. The number of hydrogen-bond acceptors (Lipinski definition) is 2. The minimum absolute atomic E-state index is 0.0665. The Morgan fingerprint density at radius 1 is 1.21 bits per heavy atom. The first-order chi connectivity index (χ1) is 9.02. The fourth-order valence-corrected chi connectivity index (χ4v) is 2.31. The SMILES string of the molecule is Cc1cc(I)ccc1Nc1c(C#N)ccc(F)c1F. The van der Waals surface area contributed by atoms with Crippen LogP contribution in [0, 0.1) is 33.5 Å². The Balaban J connectivity index is 2.49. The van der Waals surface area contributed by atoms with Gasteiger partial charge in [0.2, 0.25) is 0 Å². The van der Waals surface area contributed by atoms with Crippen molar-refractivity contribution in [1.29, 1.82) is 5.26 Å². The van der Waals surface area contributed by atoms with E-state index in [9.17, 15) is 8.78 Å². The van der Waals surface area contributed by atoms with Crippen LogP contribution in [-0.4, -0.2) is 0 Å². The van der Waals surface area contributed by atoms with E-state index in [0.717, 1.165) is 15.2 Å². The molecule has 96 valence electrons. The number of halogens is 3. The van der Waals surface area contributed by atoms with Gasteiger partial charge in [0.1, 0.15) is 6.07 Å². The van der Waals surface area contributed by atoms with Gasteiger partial charge in [0.25, 0.3) is 0 Å². The molecule has 0 heterocycles. The zero-order valence-corrected chi connectivity index (χ0v) is 12.1. The standard InChI is InChI=1S/C14H9F2IN2/c1-8-6-10(17)3-5-12(8)19-14-9(7-18)2-4-11(15)13(14)16/h2-6,19H,1H3. The van der Waals surface area contributed by atoms with Crippen molar-refractivity contribution >= 4 is 34.0 Å². The molecule has 0 atom stereocenters. The van der Waals surface area contributed by atoms with Crippen molar-refractivity contribution in [3.05, 3.63) is 56.7 Å².